The number of aryl methyl sites for hydroxylation is 1. The molecule has 0 unspecified atom stereocenters. The molecule has 0 saturated carbocycles. The Labute approximate surface area is 229 Å². The summed E-state index contributed by atoms with van der Waals surface area (Å²) in [5, 5.41) is 3.40. The van der Waals surface area contributed by atoms with Crippen molar-refractivity contribution in [2.24, 2.45) is 0 Å². The van der Waals surface area contributed by atoms with Gasteiger partial charge in [0, 0.05) is 37.2 Å². The van der Waals surface area contributed by atoms with E-state index in [4.69, 9.17) is 9.47 Å². The number of hydrogen-bond acceptors (Lipinski definition) is 5. The number of carbonyl (C=O) groups excluding carboxylic acids is 1. The molecule has 0 radical (unpaired) electrons. The number of nitrogens with one attached hydrogen (secondary N) is 1. The van der Waals surface area contributed by atoms with E-state index in [0.717, 1.165) is 34.1 Å². The van der Waals surface area contributed by atoms with Gasteiger partial charge in [-0.1, -0.05) is 19.1 Å². The zero-order valence-corrected chi connectivity index (χ0v) is 19.7. The van der Waals surface area contributed by atoms with E-state index in [2.05, 4.69) is 10.3 Å². The molecule has 6 nitrogen and oxygen atoms in total. The molecule has 9 heteroatoms. The van der Waals surface area contributed by atoms with Gasteiger partial charge in [0.25, 0.3) is 0 Å². The summed E-state index contributed by atoms with van der Waals surface area (Å²) in [6.07, 6.45) is 0.180. The molecule has 0 saturated heterocycles. The van der Waals surface area contributed by atoms with Gasteiger partial charge in [0.05, 0.1) is 11.2 Å². The van der Waals surface area contributed by atoms with Crippen LogP contribution in [0.3, 0.4) is 0 Å². The summed E-state index contributed by atoms with van der Waals surface area (Å²) in [6, 6.07) is 14.1. The van der Waals surface area contributed by atoms with Crippen molar-refractivity contribution in [3.63, 3.8) is 0 Å². The van der Waals surface area contributed by atoms with Gasteiger partial charge in [0.2, 0.25) is 0 Å². The standard InChI is InChI=1S/C27H25F2N3O3.Na.H/c1-4-25-31-21-11-10-20(28)26(29)27(21)32(25)22-7-5-6-17(15(22)2)13-30-18-8-9-19-23(12-18)34-14-24(19)35-16(3)33;;/h5-12,24,30H,4,13-14H2,1-3H3;;/t24-;;/m1../s1. The summed E-state index contributed by atoms with van der Waals surface area (Å²) in [5.74, 6) is -0.796. The number of imidazole rings is 1. The molecular weight excluding hydrogens is 475 g/mol. The number of benzene rings is 3. The second-order valence-electron chi connectivity index (χ2n) is 8.52. The minimum atomic E-state index is -0.900. The molecule has 0 bridgehead atoms. The van der Waals surface area contributed by atoms with Crippen LogP contribution in [-0.4, -0.2) is 51.7 Å². The van der Waals surface area contributed by atoms with Gasteiger partial charge in [-0.05, 0) is 48.4 Å². The predicted molar refractivity (Wildman–Crippen MR) is 136 cm³/mol. The molecule has 4 aromatic rings. The molecule has 182 valence electrons. The van der Waals surface area contributed by atoms with E-state index in [0.29, 0.717) is 36.7 Å². The van der Waals surface area contributed by atoms with Crippen molar-refractivity contribution in [1.82, 2.24) is 9.55 Å². The SMILES string of the molecule is CCc1nc2ccc(F)c(F)c2n1-c1cccc(CNc2ccc3c(c2)OC[C@H]3OC(C)=O)c1C.[NaH]. The van der Waals surface area contributed by atoms with Crippen LogP contribution in [0, 0.1) is 18.6 Å². The fraction of sp³-hybridized carbons (Fsp3) is 0.259. The molecule has 3 aromatic carbocycles. The van der Waals surface area contributed by atoms with Crippen molar-refractivity contribution in [2.45, 2.75) is 39.8 Å². The zero-order chi connectivity index (χ0) is 24.7. The molecule has 0 amide bonds. The normalized spacial score (nSPS) is 14.2. The first-order chi connectivity index (χ1) is 16.9. The van der Waals surface area contributed by atoms with E-state index in [1.54, 1.807) is 4.57 Å². The summed E-state index contributed by atoms with van der Waals surface area (Å²) in [6.45, 7) is 6.09. The third-order valence-corrected chi connectivity index (χ3v) is 6.30. The van der Waals surface area contributed by atoms with Crippen molar-refractivity contribution in [1.29, 1.82) is 0 Å². The molecule has 1 aliphatic rings. The second-order valence-corrected chi connectivity index (χ2v) is 8.52. The van der Waals surface area contributed by atoms with Crippen LogP contribution in [0.2, 0.25) is 0 Å². The second kappa shape index (κ2) is 10.6. The van der Waals surface area contributed by atoms with Crippen LogP contribution in [-0.2, 0) is 22.5 Å². The molecule has 2 heterocycles. The van der Waals surface area contributed by atoms with E-state index < -0.39 is 17.7 Å². The van der Waals surface area contributed by atoms with Crippen LogP contribution in [0.25, 0.3) is 16.7 Å². The molecular formula is C27H26F2N3NaO3. The summed E-state index contributed by atoms with van der Waals surface area (Å²) in [7, 11) is 0. The Bertz CT molecular complexity index is 1450. The molecule has 0 spiro atoms. The van der Waals surface area contributed by atoms with Crippen LogP contribution in [0.4, 0.5) is 14.5 Å². The summed E-state index contributed by atoms with van der Waals surface area (Å²) in [4.78, 5) is 15.8. The van der Waals surface area contributed by atoms with Gasteiger partial charge in [0.1, 0.15) is 23.7 Å². The number of rotatable bonds is 6. The van der Waals surface area contributed by atoms with Gasteiger partial charge < -0.3 is 14.8 Å². The first kappa shape index (κ1) is 26.1. The van der Waals surface area contributed by atoms with E-state index in [1.165, 1.54) is 13.0 Å². The number of ether oxygens (including phenoxy) is 2. The van der Waals surface area contributed by atoms with E-state index in [9.17, 15) is 13.6 Å². The first-order valence-corrected chi connectivity index (χ1v) is 11.5. The first-order valence-electron chi connectivity index (χ1n) is 11.5. The van der Waals surface area contributed by atoms with Crippen molar-refractivity contribution in [3.8, 4) is 11.4 Å². The average molecular weight is 502 g/mol. The number of fused-ring (bicyclic) bond motifs is 2. The third-order valence-electron chi connectivity index (χ3n) is 6.30. The van der Waals surface area contributed by atoms with Gasteiger partial charge in [-0.15, -0.1) is 0 Å². The fourth-order valence-corrected chi connectivity index (χ4v) is 4.54. The third kappa shape index (κ3) is 4.73. The number of nitrogens with zero attached hydrogens (tertiary/aromatic N) is 2. The Morgan fingerprint density at radius 2 is 2.03 bits per heavy atom. The van der Waals surface area contributed by atoms with Crippen molar-refractivity contribution < 1.29 is 23.0 Å². The minimum absolute atomic E-state index is 0. The number of esters is 1. The Morgan fingerprint density at radius 3 is 2.78 bits per heavy atom. The van der Waals surface area contributed by atoms with Crippen LogP contribution >= 0.6 is 0 Å². The maximum absolute atomic E-state index is 14.8. The molecule has 1 N–H and O–H groups in total. The maximum atomic E-state index is 14.8. The fourth-order valence-electron chi connectivity index (χ4n) is 4.54. The van der Waals surface area contributed by atoms with Crippen molar-refractivity contribution in [3.05, 3.63) is 82.7 Å². The van der Waals surface area contributed by atoms with Crippen LogP contribution in [0.5, 0.6) is 5.75 Å². The van der Waals surface area contributed by atoms with Gasteiger partial charge in [-0.2, -0.15) is 0 Å². The van der Waals surface area contributed by atoms with Crippen molar-refractivity contribution in [2.75, 3.05) is 11.9 Å². The number of hydrogen-bond donors (Lipinski definition) is 1. The quantitative estimate of drug-likeness (QED) is 0.293. The molecule has 1 aromatic heterocycles. The number of carbonyl (C=O) groups is 1. The van der Waals surface area contributed by atoms with Gasteiger partial charge >= 0.3 is 35.5 Å². The average Bonchev–Trinajstić information content (AvgIpc) is 3.41. The van der Waals surface area contributed by atoms with E-state index in [1.807, 2.05) is 50.2 Å². The Hall–Kier alpha value is -2.94. The molecule has 1 atom stereocenters. The topological polar surface area (TPSA) is 65.4 Å². The van der Waals surface area contributed by atoms with Crippen LogP contribution in [0.1, 0.15) is 42.5 Å². The van der Waals surface area contributed by atoms with Gasteiger partial charge in [-0.25, -0.2) is 13.8 Å². The van der Waals surface area contributed by atoms with Gasteiger partial charge in [-0.3, -0.25) is 9.36 Å². The molecule has 0 aliphatic carbocycles. The van der Waals surface area contributed by atoms with E-state index in [-0.39, 0.29) is 41.0 Å². The predicted octanol–water partition coefficient (Wildman–Crippen LogP) is 5.13. The molecule has 5 rings (SSSR count). The molecule has 1 aliphatic heterocycles. The molecule has 0 fully saturated rings. The van der Waals surface area contributed by atoms with Gasteiger partial charge in [0.15, 0.2) is 17.7 Å². The Kier molecular flexibility index (Phi) is 7.68. The van der Waals surface area contributed by atoms with E-state index >= 15 is 0 Å². The number of aromatic nitrogens is 2. The summed E-state index contributed by atoms with van der Waals surface area (Å²) >= 11 is 0. The Morgan fingerprint density at radius 1 is 1.22 bits per heavy atom. The summed E-state index contributed by atoms with van der Waals surface area (Å²) < 4.78 is 41.6. The summed E-state index contributed by atoms with van der Waals surface area (Å²) in [5.41, 5.74) is 4.97. The monoisotopic (exact) mass is 501 g/mol. The van der Waals surface area contributed by atoms with Crippen molar-refractivity contribution >= 4 is 52.2 Å². The Balaban J connectivity index is 0.00000304. The molecule has 36 heavy (non-hydrogen) atoms. The van der Waals surface area contributed by atoms with Crippen LogP contribution in [0.15, 0.2) is 48.5 Å². The number of anilines is 1. The zero-order valence-electron chi connectivity index (χ0n) is 19.7. The van der Waals surface area contributed by atoms with Crippen LogP contribution < -0.4 is 10.1 Å². The number of halogens is 2.